The summed E-state index contributed by atoms with van der Waals surface area (Å²) >= 11 is 0. The summed E-state index contributed by atoms with van der Waals surface area (Å²) in [6, 6.07) is 16.6. The van der Waals surface area contributed by atoms with Gasteiger partial charge in [0.25, 0.3) is 0 Å². The van der Waals surface area contributed by atoms with Crippen LogP contribution >= 0.6 is 0 Å². The molecule has 1 heterocycles. The first-order valence-corrected chi connectivity index (χ1v) is 8.20. The number of nitrogens with zero attached hydrogens (tertiary/aromatic N) is 1. The molecule has 2 N–H and O–H groups in total. The summed E-state index contributed by atoms with van der Waals surface area (Å²) in [5.41, 5.74) is 3.85. The van der Waals surface area contributed by atoms with Crippen LogP contribution in [-0.4, -0.2) is 17.0 Å². The number of benzene rings is 2. The third-order valence-corrected chi connectivity index (χ3v) is 3.70. The van der Waals surface area contributed by atoms with Crippen LogP contribution < -0.4 is 10.6 Å². The summed E-state index contributed by atoms with van der Waals surface area (Å²) in [5, 5.41) is 9.43. The summed E-state index contributed by atoms with van der Waals surface area (Å²) in [6.45, 7) is 3.45. The van der Waals surface area contributed by atoms with E-state index in [2.05, 4.69) is 15.8 Å². The molecular weight excluding hydrogens is 330 g/mol. The van der Waals surface area contributed by atoms with Crippen LogP contribution in [0, 0.1) is 6.92 Å². The standard InChI is InChI=1S/C20H19N3O3/c1-13-6-8-15(9-7-13)19-11-18(23-26-19)12-20(25)22-17-5-3-4-16(10-17)21-14(2)24/h3-11H,12H2,1-2H3,(H,21,24)(H,22,25). The maximum Gasteiger partial charge on any atom is 0.230 e. The van der Waals surface area contributed by atoms with Crippen molar-refractivity contribution in [2.75, 3.05) is 10.6 Å². The predicted octanol–water partition coefficient (Wildman–Crippen LogP) is 3.79. The third-order valence-electron chi connectivity index (χ3n) is 3.70. The van der Waals surface area contributed by atoms with Crippen LogP contribution in [0.25, 0.3) is 11.3 Å². The monoisotopic (exact) mass is 349 g/mol. The van der Waals surface area contributed by atoms with Gasteiger partial charge in [-0.25, -0.2) is 0 Å². The van der Waals surface area contributed by atoms with Gasteiger partial charge in [0, 0.05) is 29.9 Å². The Hall–Kier alpha value is -3.41. The average Bonchev–Trinajstić information content (AvgIpc) is 3.03. The SMILES string of the molecule is CC(=O)Nc1cccc(NC(=O)Cc2cc(-c3ccc(C)cc3)on2)c1. The lowest BCUT2D eigenvalue weighted by atomic mass is 10.1. The second-order valence-corrected chi connectivity index (χ2v) is 6.04. The molecule has 3 aromatic rings. The lowest BCUT2D eigenvalue weighted by Gasteiger charge is -2.07. The van der Waals surface area contributed by atoms with E-state index in [1.807, 2.05) is 31.2 Å². The van der Waals surface area contributed by atoms with Gasteiger partial charge in [-0.15, -0.1) is 0 Å². The Morgan fingerprint density at radius 1 is 1.00 bits per heavy atom. The highest BCUT2D eigenvalue weighted by atomic mass is 16.5. The maximum atomic E-state index is 12.2. The Balaban J connectivity index is 1.64. The highest BCUT2D eigenvalue weighted by Crippen LogP contribution is 2.21. The second-order valence-electron chi connectivity index (χ2n) is 6.04. The molecule has 1 aromatic heterocycles. The average molecular weight is 349 g/mol. The summed E-state index contributed by atoms with van der Waals surface area (Å²) < 4.78 is 5.33. The number of amides is 2. The van der Waals surface area contributed by atoms with E-state index in [1.165, 1.54) is 6.92 Å². The number of carbonyl (C=O) groups excluding carboxylic acids is 2. The molecule has 26 heavy (non-hydrogen) atoms. The molecule has 0 aliphatic heterocycles. The van der Waals surface area contributed by atoms with Gasteiger partial charge >= 0.3 is 0 Å². The van der Waals surface area contributed by atoms with Crippen LogP contribution in [0.3, 0.4) is 0 Å². The van der Waals surface area contributed by atoms with Gasteiger partial charge in [0.2, 0.25) is 11.8 Å². The number of anilines is 2. The van der Waals surface area contributed by atoms with Crippen molar-refractivity contribution in [2.45, 2.75) is 20.3 Å². The van der Waals surface area contributed by atoms with E-state index < -0.39 is 0 Å². The fourth-order valence-electron chi connectivity index (χ4n) is 2.50. The maximum absolute atomic E-state index is 12.2. The Labute approximate surface area is 151 Å². The van der Waals surface area contributed by atoms with E-state index in [0.29, 0.717) is 22.8 Å². The van der Waals surface area contributed by atoms with Crippen molar-refractivity contribution in [1.29, 1.82) is 0 Å². The zero-order chi connectivity index (χ0) is 18.5. The first-order valence-electron chi connectivity index (χ1n) is 8.20. The summed E-state index contributed by atoms with van der Waals surface area (Å²) in [7, 11) is 0. The van der Waals surface area contributed by atoms with Gasteiger partial charge in [-0.3, -0.25) is 9.59 Å². The summed E-state index contributed by atoms with van der Waals surface area (Å²) in [4.78, 5) is 23.3. The van der Waals surface area contributed by atoms with Crippen LogP contribution in [0.4, 0.5) is 11.4 Å². The van der Waals surface area contributed by atoms with Crippen LogP contribution in [0.5, 0.6) is 0 Å². The molecule has 2 amide bonds. The molecular formula is C20H19N3O3. The van der Waals surface area contributed by atoms with E-state index in [1.54, 1.807) is 30.3 Å². The van der Waals surface area contributed by atoms with Crippen molar-refractivity contribution in [3.63, 3.8) is 0 Å². The van der Waals surface area contributed by atoms with Crippen molar-refractivity contribution < 1.29 is 14.1 Å². The molecule has 6 heteroatoms. The third kappa shape index (κ3) is 4.57. The lowest BCUT2D eigenvalue weighted by Crippen LogP contribution is -2.15. The zero-order valence-electron chi connectivity index (χ0n) is 14.6. The van der Waals surface area contributed by atoms with Gasteiger partial charge in [-0.1, -0.05) is 41.1 Å². The molecule has 0 aliphatic carbocycles. The molecule has 2 aromatic carbocycles. The molecule has 6 nitrogen and oxygen atoms in total. The van der Waals surface area contributed by atoms with Crippen molar-refractivity contribution >= 4 is 23.2 Å². The molecule has 0 radical (unpaired) electrons. The number of hydrogen-bond donors (Lipinski definition) is 2. The van der Waals surface area contributed by atoms with Gasteiger partial charge in [0.1, 0.15) is 0 Å². The number of nitrogens with one attached hydrogen (secondary N) is 2. The van der Waals surface area contributed by atoms with Crippen molar-refractivity contribution in [2.24, 2.45) is 0 Å². The largest absolute Gasteiger partial charge is 0.356 e. The molecule has 0 saturated heterocycles. The first-order chi connectivity index (χ1) is 12.5. The fourth-order valence-corrected chi connectivity index (χ4v) is 2.50. The molecule has 0 saturated carbocycles. The number of aromatic nitrogens is 1. The van der Waals surface area contributed by atoms with E-state index in [-0.39, 0.29) is 18.2 Å². The molecule has 0 spiro atoms. The topological polar surface area (TPSA) is 84.2 Å². The number of carbonyl (C=O) groups is 2. The van der Waals surface area contributed by atoms with Crippen LogP contribution in [0.1, 0.15) is 18.2 Å². The lowest BCUT2D eigenvalue weighted by molar-refractivity contribution is -0.116. The van der Waals surface area contributed by atoms with Crippen molar-refractivity contribution in [3.8, 4) is 11.3 Å². The zero-order valence-corrected chi connectivity index (χ0v) is 14.6. The Morgan fingerprint density at radius 2 is 1.69 bits per heavy atom. The van der Waals surface area contributed by atoms with E-state index in [9.17, 15) is 9.59 Å². The Morgan fingerprint density at radius 3 is 2.38 bits per heavy atom. The second kappa shape index (κ2) is 7.65. The highest BCUT2D eigenvalue weighted by molar-refractivity contribution is 5.94. The van der Waals surface area contributed by atoms with Gasteiger partial charge < -0.3 is 15.2 Å². The molecule has 0 bridgehead atoms. The van der Waals surface area contributed by atoms with E-state index >= 15 is 0 Å². The van der Waals surface area contributed by atoms with Gasteiger partial charge in [-0.2, -0.15) is 0 Å². The van der Waals surface area contributed by atoms with Gasteiger partial charge in [0.05, 0.1) is 12.1 Å². The summed E-state index contributed by atoms with van der Waals surface area (Å²) in [5.74, 6) is 0.244. The molecule has 0 fully saturated rings. The van der Waals surface area contributed by atoms with Gasteiger partial charge in [-0.05, 0) is 25.1 Å². The minimum absolute atomic E-state index is 0.0970. The van der Waals surface area contributed by atoms with Crippen LogP contribution in [0.15, 0.2) is 59.1 Å². The molecule has 3 rings (SSSR count). The smallest absolute Gasteiger partial charge is 0.230 e. The molecule has 0 atom stereocenters. The van der Waals surface area contributed by atoms with Gasteiger partial charge in [0.15, 0.2) is 5.76 Å². The van der Waals surface area contributed by atoms with E-state index in [0.717, 1.165) is 11.1 Å². The minimum atomic E-state index is -0.214. The number of hydrogen-bond acceptors (Lipinski definition) is 4. The fraction of sp³-hybridized carbons (Fsp3) is 0.150. The van der Waals surface area contributed by atoms with Crippen LogP contribution in [-0.2, 0) is 16.0 Å². The number of rotatable bonds is 5. The van der Waals surface area contributed by atoms with Crippen LogP contribution in [0.2, 0.25) is 0 Å². The van der Waals surface area contributed by atoms with E-state index in [4.69, 9.17) is 4.52 Å². The first kappa shape index (κ1) is 17.4. The quantitative estimate of drug-likeness (QED) is 0.734. The van der Waals surface area contributed by atoms with Crippen molar-refractivity contribution in [1.82, 2.24) is 5.16 Å². The Kier molecular flexibility index (Phi) is 5.12. The minimum Gasteiger partial charge on any atom is -0.356 e. The molecule has 132 valence electrons. The highest BCUT2D eigenvalue weighted by Gasteiger charge is 2.11. The van der Waals surface area contributed by atoms with Crippen molar-refractivity contribution in [3.05, 3.63) is 65.9 Å². The normalized spacial score (nSPS) is 10.4. The summed E-state index contributed by atoms with van der Waals surface area (Å²) in [6.07, 6.45) is 0.0970. The molecule has 0 unspecified atom stereocenters. The Bertz CT molecular complexity index is 929. The predicted molar refractivity (Wildman–Crippen MR) is 99.8 cm³/mol. The number of aryl methyl sites for hydroxylation is 1. The molecule has 0 aliphatic rings.